The number of alkyl halides is 3. The average Bonchev–Trinajstić information content (AvgIpc) is 3.53. The molecule has 1 fully saturated rings. The number of rotatable bonds is 5. The van der Waals surface area contributed by atoms with Gasteiger partial charge in [0, 0.05) is 30.5 Å². The van der Waals surface area contributed by atoms with Crippen molar-refractivity contribution in [2.75, 3.05) is 26.4 Å². The Morgan fingerprint density at radius 1 is 1.25 bits per heavy atom. The quantitative estimate of drug-likeness (QED) is 0.434. The summed E-state index contributed by atoms with van der Waals surface area (Å²) in [6.45, 7) is 1.68. The number of hydrogen-bond acceptors (Lipinski definition) is 6. The predicted octanol–water partition coefficient (Wildman–Crippen LogP) is 5.61. The highest BCUT2D eigenvalue weighted by Gasteiger charge is 2.32. The lowest BCUT2D eigenvalue weighted by atomic mass is 10.0. The highest BCUT2D eigenvalue weighted by Crippen LogP contribution is 2.41. The monoisotopic (exact) mass is 522 g/mol. The molecule has 0 bridgehead atoms. The summed E-state index contributed by atoms with van der Waals surface area (Å²) in [5, 5.41) is -0.157. The van der Waals surface area contributed by atoms with Gasteiger partial charge in [0.05, 0.1) is 40.8 Å². The van der Waals surface area contributed by atoms with Crippen LogP contribution in [0.4, 0.5) is 13.2 Å². The first-order valence-corrected chi connectivity index (χ1v) is 11.8. The molecule has 36 heavy (non-hydrogen) atoms. The molecule has 1 aromatic carbocycles. The molecule has 2 aliphatic heterocycles. The van der Waals surface area contributed by atoms with Crippen LogP contribution < -0.4 is 9.47 Å². The Bertz CT molecular complexity index is 1240. The van der Waals surface area contributed by atoms with E-state index in [9.17, 15) is 18.0 Å². The molecule has 11 heteroatoms. The Kier molecular flexibility index (Phi) is 6.81. The summed E-state index contributed by atoms with van der Waals surface area (Å²) in [6, 6.07) is 5.76. The zero-order valence-electron chi connectivity index (χ0n) is 19.0. The van der Waals surface area contributed by atoms with Crippen LogP contribution >= 0.6 is 11.6 Å². The smallest absolute Gasteiger partial charge is 0.417 e. The SMILES string of the molecule is O=C(c1ccoc1)N1CCOc2c(cc(-c3ncc(C(F)(F)F)cc3Cl)cc2OC[C@@H]2CCCO2)C1. The van der Waals surface area contributed by atoms with Crippen molar-refractivity contribution in [2.45, 2.75) is 31.7 Å². The van der Waals surface area contributed by atoms with Crippen molar-refractivity contribution in [1.82, 2.24) is 9.88 Å². The number of nitrogens with zero attached hydrogens (tertiary/aromatic N) is 2. The standard InChI is InChI=1S/C25H22ClF3N2O5/c26-20-10-18(25(27,28)29)11-30-22(20)16-8-17-12-31(24(32)15-3-6-33-13-15)4-7-35-23(17)21(9-16)36-14-19-2-1-5-34-19/h3,6,8-11,13,19H,1-2,4-5,7,12,14H2/t19-/m0/s1. The first kappa shape index (κ1) is 24.5. The van der Waals surface area contributed by atoms with Gasteiger partial charge in [-0.2, -0.15) is 13.2 Å². The molecule has 0 aliphatic carbocycles. The molecule has 1 amide bonds. The Morgan fingerprint density at radius 2 is 2.11 bits per heavy atom. The summed E-state index contributed by atoms with van der Waals surface area (Å²) < 4.78 is 62.1. The maximum atomic E-state index is 13.1. The van der Waals surface area contributed by atoms with Crippen molar-refractivity contribution >= 4 is 17.5 Å². The van der Waals surface area contributed by atoms with Crippen molar-refractivity contribution < 1.29 is 36.6 Å². The fourth-order valence-corrected chi connectivity index (χ4v) is 4.51. The number of ether oxygens (including phenoxy) is 3. The summed E-state index contributed by atoms with van der Waals surface area (Å²) >= 11 is 6.24. The molecule has 1 atom stereocenters. The number of fused-ring (bicyclic) bond motifs is 1. The van der Waals surface area contributed by atoms with E-state index in [0.29, 0.717) is 41.3 Å². The Balaban J connectivity index is 1.52. The zero-order valence-corrected chi connectivity index (χ0v) is 19.8. The van der Waals surface area contributed by atoms with E-state index in [0.717, 1.165) is 25.1 Å². The van der Waals surface area contributed by atoms with Gasteiger partial charge in [0.15, 0.2) is 11.5 Å². The van der Waals surface area contributed by atoms with Gasteiger partial charge in [-0.25, -0.2) is 0 Å². The predicted molar refractivity (Wildman–Crippen MR) is 123 cm³/mol. The third-order valence-corrected chi connectivity index (χ3v) is 6.33. The van der Waals surface area contributed by atoms with Crippen LogP contribution in [-0.2, 0) is 17.5 Å². The largest absolute Gasteiger partial charge is 0.487 e. The maximum absolute atomic E-state index is 13.1. The molecule has 0 saturated carbocycles. The van der Waals surface area contributed by atoms with Gasteiger partial charge >= 0.3 is 6.18 Å². The molecule has 0 unspecified atom stereocenters. The van der Waals surface area contributed by atoms with E-state index in [2.05, 4.69) is 4.98 Å². The Morgan fingerprint density at radius 3 is 2.81 bits per heavy atom. The lowest BCUT2D eigenvalue weighted by Gasteiger charge is -2.20. The number of amides is 1. The van der Waals surface area contributed by atoms with Gasteiger partial charge in [-0.1, -0.05) is 11.6 Å². The molecule has 2 aromatic heterocycles. The molecule has 4 heterocycles. The molecule has 0 N–H and O–H groups in total. The number of carbonyl (C=O) groups excluding carboxylic acids is 1. The Hall–Kier alpha value is -3.24. The molecule has 0 spiro atoms. The molecule has 3 aromatic rings. The van der Waals surface area contributed by atoms with Gasteiger partial charge in [-0.3, -0.25) is 9.78 Å². The second-order valence-corrected chi connectivity index (χ2v) is 8.96. The molecule has 1 saturated heterocycles. The molecule has 7 nitrogen and oxygen atoms in total. The summed E-state index contributed by atoms with van der Waals surface area (Å²) in [5.41, 5.74) is 0.669. The van der Waals surface area contributed by atoms with E-state index in [1.807, 2.05) is 0 Å². The van der Waals surface area contributed by atoms with Gasteiger partial charge < -0.3 is 23.5 Å². The van der Waals surface area contributed by atoms with Gasteiger partial charge in [-0.15, -0.1) is 0 Å². The molecule has 190 valence electrons. The van der Waals surface area contributed by atoms with E-state index in [1.54, 1.807) is 23.1 Å². The minimum Gasteiger partial charge on any atom is -0.487 e. The summed E-state index contributed by atoms with van der Waals surface area (Å²) in [5.74, 6) is 0.605. The average molecular weight is 523 g/mol. The van der Waals surface area contributed by atoms with Crippen LogP contribution in [0, 0.1) is 0 Å². The second-order valence-electron chi connectivity index (χ2n) is 8.55. The van der Waals surface area contributed by atoms with Gasteiger partial charge in [0.1, 0.15) is 19.5 Å². The van der Waals surface area contributed by atoms with E-state index >= 15 is 0 Å². The number of carbonyl (C=O) groups is 1. The van der Waals surface area contributed by atoms with Crippen LogP contribution in [-0.4, -0.2) is 48.3 Å². The number of pyridine rings is 1. The number of benzene rings is 1. The number of halogens is 4. The molecule has 0 radical (unpaired) electrons. The van der Waals surface area contributed by atoms with E-state index in [-0.39, 0.29) is 42.5 Å². The molecule has 5 rings (SSSR count). The molecule has 2 aliphatic rings. The normalized spacial score (nSPS) is 17.9. The van der Waals surface area contributed by atoms with Gasteiger partial charge in [0.25, 0.3) is 5.91 Å². The van der Waals surface area contributed by atoms with E-state index < -0.39 is 11.7 Å². The fourth-order valence-electron chi connectivity index (χ4n) is 4.23. The minimum absolute atomic E-state index is 0.0676. The number of hydrogen-bond donors (Lipinski definition) is 0. The van der Waals surface area contributed by atoms with E-state index in [4.69, 9.17) is 30.2 Å². The lowest BCUT2D eigenvalue weighted by Crippen LogP contribution is -2.32. The van der Waals surface area contributed by atoms with Crippen LogP contribution in [0.1, 0.15) is 34.3 Å². The van der Waals surface area contributed by atoms with E-state index in [1.165, 1.54) is 12.5 Å². The first-order valence-electron chi connectivity index (χ1n) is 11.4. The molecular weight excluding hydrogens is 501 g/mol. The van der Waals surface area contributed by atoms with Crippen LogP contribution in [0.15, 0.2) is 47.4 Å². The highest BCUT2D eigenvalue weighted by molar-refractivity contribution is 6.33. The number of furan rings is 1. The van der Waals surface area contributed by atoms with Gasteiger partial charge in [0.2, 0.25) is 0 Å². The third-order valence-electron chi connectivity index (χ3n) is 6.05. The topological polar surface area (TPSA) is 74.0 Å². The maximum Gasteiger partial charge on any atom is 0.417 e. The van der Waals surface area contributed by atoms with Crippen molar-refractivity contribution in [3.63, 3.8) is 0 Å². The molecular formula is C25H22ClF3N2O5. The first-order chi connectivity index (χ1) is 17.3. The Labute approximate surface area is 209 Å². The summed E-state index contributed by atoms with van der Waals surface area (Å²) in [4.78, 5) is 18.6. The van der Waals surface area contributed by atoms with Crippen molar-refractivity contribution in [1.29, 1.82) is 0 Å². The van der Waals surface area contributed by atoms with Crippen LogP contribution in [0.2, 0.25) is 5.02 Å². The second kappa shape index (κ2) is 10.0. The summed E-state index contributed by atoms with van der Waals surface area (Å²) in [6.07, 6.45) is 0.699. The fraction of sp³-hybridized carbons (Fsp3) is 0.360. The van der Waals surface area contributed by atoms with Crippen molar-refractivity contribution in [3.05, 3.63) is 64.7 Å². The van der Waals surface area contributed by atoms with Crippen LogP contribution in [0.25, 0.3) is 11.3 Å². The zero-order chi connectivity index (χ0) is 25.3. The van der Waals surface area contributed by atoms with Crippen LogP contribution in [0.5, 0.6) is 11.5 Å². The summed E-state index contributed by atoms with van der Waals surface area (Å²) in [7, 11) is 0. The van der Waals surface area contributed by atoms with Crippen molar-refractivity contribution in [3.8, 4) is 22.8 Å². The van der Waals surface area contributed by atoms with Gasteiger partial charge in [-0.05, 0) is 37.1 Å². The minimum atomic E-state index is -4.57. The highest BCUT2D eigenvalue weighted by atomic mass is 35.5. The lowest BCUT2D eigenvalue weighted by molar-refractivity contribution is -0.137. The third kappa shape index (κ3) is 5.15. The van der Waals surface area contributed by atoms with Crippen molar-refractivity contribution in [2.24, 2.45) is 0 Å². The number of aromatic nitrogens is 1. The van der Waals surface area contributed by atoms with Crippen LogP contribution in [0.3, 0.4) is 0 Å².